The maximum Gasteiger partial charge on any atom is 0.416 e. The Hall–Kier alpha value is -1.12. The third kappa shape index (κ3) is 2.68. The summed E-state index contributed by atoms with van der Waals surface area (Å²) in [4.78, 5) is -0.147. The summed E-state index contributed by atoms with van der Waals surface area (Å²) in [5.74, 6) is 0. The molecule has 1 saturated heterocycles. The molecule has 0 amide bonds. The number of rotatable bonds is 2. The van der Waals surface area contributed by atoms with Crippen LogP contribution >= 0.6 is 0 Å². The van der Waals surface area contributed by atoms with Gasteiger partial charge in [-0.1, -0.05) is 0 Å². The zero-order chi connectivity index (χ0) is 15.1. The number of alkyl halides is 3. The second-order valence-corrected chi connectivity index (χ2v) is 6.72. The highest BCUT2D eigenvalue weighted by Crippen LogP contribution is 2.31. The smallest absolute Gasteiger partial charge is 0.326 e. The molecule has 1 aromatic carbocycles. The van der Waals surface area contributed by atoms with Gasteiger partial charge in [0.25, 0.3) is 0 Å². The van der Waals surface area contributed by atoms with E-state index in [1.54, 1.807) is 6.92 Å². The van der Waals surface area contributed by atoms with Crippen LogP contribution in [0.2, 0.25) is 0 Å². The minimum atomic E-state index is -4.48. The fraction of sp³-hybridized carbons (Fsp3) is 0.500. The average molecular weight is 308 g/mol. The molecular weight excluding hydrogens is 293 g/mol. The second-order valence-electron chi connectivity index (χ2n) is 4.83. The standard InChI is InChI=1S/C12H15F3N2O2S/c1-8-11(16)6-7-17(8)20(18,19)10-4-2-9(3-5-10)12(13,14)15/h2-5,8,11H,6-7,16H2,1H3. The van der Waals surface area contributed by atoms with Crippen molar-refractivity contribution in [1.29, 1.82) is 0 Å². The molecule has 1 fully saturated rings. The molecule has 8 heteroatoms. The molecule has 0 aliphatic carbocycles. The molecular formula is C12H15F3N2O2S. The molecule has 1 aliphatic rings. The first-order valence-corrected chi connectivity index (χ1v) is 7.53. The molecule has 2 unspecified atom stereocenters. The molecule has 1 heterocycles. The third-order valence-corrected chi connectivity index (χ3v) is 5.55. The van der Waals surface area contributed by atoms with Gasteiger partial charge >= 0.3 is 6.18 Å². The SMILES string of the molecule is CC1C(N)CCN1S(=O)(=O)c1ccc(C(F)(F)F)cc1. The zero-order valence-corrected chi connectivity index (χ0v) is 11.6. The first-order valence-electron chi connectivity index (χ1n) is 6.09. The predicted molar refractivity (Wildman–Crippen MR) is 67.4 cm³/mol. The molecule has 2 rings (SSSR count). The summed E-state index contributed by atoms with van der Waals surface area (Å²) in [7, 11) is -3.80. The van der Waals surface area contributed by atoms with Gasteiger partial charge in [0.2, 0.25) is 10.0 Å². The molecule has 4 nitrogen and oxygen atoms in total. The normalized spacial score (nSPS) is 25.1. The molecule has 0 bridgehead atoms. The number of sulfonamides is 1. The van der Waals surface area contributed by atoms with Crippen LogP contribution < -0.4 is 5.73 Å². The molecule has 20 heavy (non-hydrogen) atoms. The maximum atomic E-state index is 12.5. The van der Waals surface area contributed by atoms with Crippen molar-refractivity contribution >= 4 is 10.0 Å². The minimum Gasteiger partial charge on any atom is -0.326 e. The first-order chi connectivity index (χ1) is 9.14. The summed E-state index contributed by atoms with van der Waals surface area (Å²) in [6, 6.07) is 2.89. The van der Waals surface area contributed by atoms with Crippen LogP contribution in [0.3, 0.4) is 0 Å². The number of hydrogen-bond acceptors (Lipinski definition) is 3. The zero-order valence-electron chi connectivity index (χ0n) is 10.8. The van der Waals surface area contributed by atoms with Gasteiger partial charge < -0.3 is 5.73 Å². The summed E-state index contributed by atoms with van der Waals surface area (Å²) in [5, 5.41) is 0. The first kappa shape index (κ1) is 15.3. The topological polar surface area (TPSA) is 63.4 Å². The van der Waals surface area contributed by atoms with Gasteiger partial charge in [-0.2, -0.15) is 17.5 Å². The Morgan fingerprint density at radius 2 is 1.80 bits per heavy atom. The number of benzene rings is 1. The van der Waals surface area contributed by atoms with E-state index in [0.29, 0.717) is 6.42 Å². The van der Waals surface area contributed by atoms with Crippen molar-refractivity contribution in [2.45, 2.75) is 36.5 Å². The van der Waals surface area contributed by atoms with Crippen molar-refractivity contribution in [3.63, 3.8) is 0 Å². The molecule has 0 saturated carbocycles. The Morgan fingerprint density at radius 3 is 2.20 bits per heavy atom. The lowest BCUT2D eigenvalue weighted by Gasteiger charge is -2.22. The fourth-order valence-corrected chi connectivity index (χ4v) is 3.92. The van der Waals surface area contributed by atoms with E-state index in [1.165, 1.54) is 4.31 Å². The van der Waals surface area contributed by atoms with Crippen molar-refractivity contribution in [3.05, 3.63) is 29.8 Å². The highest BCUT2D eigenvalue weighted by Gasteiger charge is 2.37. The Morgan fingerprint density at radius 1 is 1.25 bits per heavy atom. The van der Waals surface area contributed by atoms with Crippen LogP contribution in [-0.4, -0.2) is 31.4 Å². The number of hydrogen-bond donors (Lipinski definition) is 1. The summed E-state index contributed by atoms with van der Waals surface area (Å²) < 4.78 is 63.3. The Balaban J connectivity index is 2.31. The third-order valence-electron chi connectivity index (χ3n) is 3.54. The van der Waals surface area contributed by atoms with Gasteiger partial charge in [0.15, 0.2) is 0 Å². The number of nitrogens with two attached hydrogens (primary N) is 1. The molecule has 0 radical (unpaired) electrons. The van der Waals surface area contributed by atoms with E-state index in [1.807, 2.05) is 0 Å². The Bertz CT molecular complexity index is 584. The summed E-state index contributed by atoms with van der Waals surface area (Å²) in [5.41, 5.74) is 4.90. The quantitative estimate of drug-likeness (QED) is 0.906. The van der Waals surface area contributed by atoms with Crippen molar-refractivity contribution < 1.29 is 21.6 Å². The van der Waals surface area contributed by atoms with Gasteiger partial charge in [-0.25, -0.2) is 8.42 Å². The number of nitrogens with zero attached hydrogens (tertiary/aromatic N) is 1. The van der Waals surface area contributed by atoms with Crippen LogP contribution in [0.5, 0.6) is 0 Å². The van der Waals surface area contributed by atoms with Crippen LogP contribution in [0, 0.1) is 0 Å². The van der Waals surface area contributed by atoms with Gasteiger partial charge in [0.1, 0.15) is 0 Å². The average Bonchev–Trinajstić information content (AvgIpc) is 2.69. The van der Waals surface area contributed by atoms with Crippen LogP contribution in [0.4, 0.5) is 13.2 Å². The summed E-state index contributed by atoms with van der Waals surface area (Å²) >= 11 is 0. The molecule has 0 aromatic heterocycles. The highest BCUT2D eigenvalue weighted by molar-refractivity contribution is 7.89. The molecule has 2 N–H and O–H groups in total. The van der Waals surface area contributed by atoms with Gasteiger partial charge in [0, 0.05) is 18.6 Å². The van der Waals surface area contributed by atoms with E-state index in [4.69, 9.17) is 5.73 Å². The highest BCUT2D eigenvalue weighted by atomic mass is 32.2. The lowest BCUT2D eigenvalue weighted by molar-refractivity contribution is -0.137. The van der Waals surface area contributed by atoms with E-state index in [2.05, 4.69) is 0 Å². The van der Waals surface area contributed by atoms with Crippen molar-refractivity contribution in [2.24, 2.45) is 5.73 Å². The number of halogens is 3. The second kappa shape index (κ2) is 5.01. The van der Waals surface area contributed by atoms with Gasteiger partial charge in [0.05, 0.1) is 10.5 Å². The summed E-state index contributed by atoms with van der Waals surface area (Å²) in [6.07, 6.45) is -3.94. The molecule has 1 aliphatic heterocycles. The lowest BCUT2D eigenvalue weighted by Crippen LogP contribution is -2.40. The molecule has 112 valence electrons. The van der Waals surface area contributed by atoms with E-state index in [9.17, 15) is 21.6 Å². The van der Waals surface area contributed by atoms with Gasteiger partial charge in [-0.15, -0.1) is 0 Å². The van der Waals surface area contributed by atoms with Crippen LogP contribution in [0.25, 0.3) is 0 Å². The molecule has 0 spiro atoms. The Kier molecular flexibility index (Phi) is 3.83. The van der Waals surface area contributed by atoms with E-state index >= 15 is 0 Å². The van der Waals surface area contributed by atoms with Crippen molar-refractivity contribution in [3.8, 4) is 0 Å². The largest absolute Gasteiger partial charge is 0.416 e. The minimum absolute atomic E-state index is 0.147. The molecule has 1 aromatic rings. The lowest BCUT2D eigenvalue weighted by atomic mass is 10.2. The van der Waals surface area contributed by atoms with Crippen molar-refractivity contribution in [1.82, 2.24) is 4.31 Å². The summed E-state index contributed by atoms with van der Waals surface area (Å²) in [6.45, 7) is 1.98. The van der Waals surface area contributed by atoms with E-state index in [-0.39, 0.29) is 23.5 Å². The van der Waals surface area contributed by atoms with Crippen LogP contribution in [0.1, 0.15) is 18.9 Å². The van der Waals surface area contributed by atoms with Crippen molar-refractivity contribution in [2.75, 3.05) is 6.54 Å². The maximum absolute atomic E-state index is 12.5. The van der Waals surface area contributed by atoms with Crippen LogP contribution in [-0.2, 0) is 16.2 Å². The van der Waals surface area contributed by atoms with Crippen LogP contribution in [0.15, 0.2) is 29.2 Å². The molecule has 2 atom stereocenters. The van der Waals surface area contributed by atoms with E-state index in [0.717, 1.165) is 24.3 Å². The van der Waals surface area contributed by atoms with Gasteiger partial charge in [-0.05, 0) is 37.6 Å². The van der Waals surface area contributed by atoms with Gasteiger partial charge in [-0.3, -0.25) is 0 Å². The monoisotopic (exact) mass is 308 g/mol. The Labute approximate surface area is 115 Å². The van der Waals surface area contributed by atoms with E-state index < -0.39 is 21.8 Å². The predicted octanol–water partition coefficient (Wildman–Crippen LogP) is 1.82. The fourth-order valence-electron chi connectivity index (χ4n) is 2.23.